The molecule has 0 aliphatic rings. The SMILES string of the molecule is CC(C)(C)c1ccc2c(c1)c1cc(C(C)(C)C)cc(-c3nc4ccccc4s3)c1n2B(C#Cc1ccccc1)C#Cc1ccccc1. The lowest BCUT2D eigenvalue weighted by atomic mass is 9.63. The highest BCUT2D eigenvalue weighted by Crippen LogP contribution is 2.43. The molecule has 0 bridgehead atoms. The third kappa shape index (κ3) is 6.10. The van der Waals surface area contributed by atoms with Gasteiger partial charge < -0.3 is 4.48 Å². The zero-order valence-corrected chi connectivity index (χ0v) is 28.7. The molecule has 0 fully saturated rings. The number of aromatic nitrogens is 2. The molecule has 0 aliphatic carbocycles. The molecular weight excluding hydrogens is 587 g/mol. The highest BCUT2D eigenvalue weighted by Gasteiger charge is 2.27. The van der Waals surface area contributed by atoms with Crippen LogP contribution in [-0.2, 0) is 10.8 Å². The third-order valence-corrected chi connectivity index (χ3v) is 9.74. The van der Waals surface area contributed by atoms with Crippen molar-refractivity contribution in [3.05, 3.63) is 138 Å². The Balaban J connectivity index is 1.61. The van der Waals surface area contributed by atoms with E-state index < -0.39 is 6.85 Å². The molecule has 2 heterocycles. The normalized spacial score (nSPS) is 11.7. The molecule has 0 radical (unpaired) electrons. The van der Waals surface area contributed by atoms with Crippen LogP contribution in [0.1, 0.15) is 63.8 Å². The van der Waals surface area contributed by atoms with Crippen molar-refractivity contribution < 1.29 is 0 Å². The summed E-state index contributed by atoms with van der Waals surface area (Å²) in [5.74, 6) is 14.1. The monoisotopic (exact) mass is 624 g/mol. The molecule has 47 heavy (non-hydrogen) atoms. The van der Waals surface area contributed by atoms with Crippen molar-refractivity contribution in [3.63, 3.8) is 0 Å². The summed E-state index contributed by atoms with van der Waals surface area (Å²) in [6.45, 7) is 13.3. The molecule has 0 N–H and O–H groups in total. The van der Waals surface area contributed by atoms with Gasteiger partial charge in [-0.1, -0.05) is 108 Å². The summed E-state index contributed by atoms with van der Waals surface area (Å²) in [5.41, 5.74) is 8.83. The molecule has 0 saturated carbocycles. The Kier molecular flexibility index (Phi) is 7.80. The van der Waals surface area contributed by atoms with Crippen LogP contribution in [0.15, 0.2) is 115 Å². The Labute approximate surface area is 282 Å². The second kappa shape index (κ2) is 12.0. The first-order valence-corrected chi connectivity index (χ1v) is 17.0. The van der Waals surface area contributed by atoms with Gasteiger partial charge in [0.15, 0.2) is 0 Å². The summed E-state index contributed by atoms with van der Waals surface area (Å²) in [6, 6.07) is 40.5. The first-order chi connectivity index (χ1) is 22.6. The molecule has 4 heteroatoms. The van der Waals surface area contributed by atoms with Gasteiger partial charge in [-0.2, -0.15) is 0 Å². The van der Waals surface area contributed by atoms with Crippen molar-refractivity contribution in [2.45, 2.75) is 52.4 Å². The summed E-state index contributed by atoms with van der Waals surface area (Å²) in [4.78, 5) is 5.20. The fourth-order valence-electron chi connectivity index (χ4n) is 6.01. The van der Waals surface area contributed by atoms with Gasteiger partial charge in [-0.05, 0) is 82.6 Å². The topological polar surface area (TPSA) is 17.8 Å². The van der Waals surface area contributed by atoms with E-state index in [2.05, 4.69) is 148 Å². The molecule has 0 unspecified atom stereocenters. The molecule has 0 spiro atoms. The molecular formula is C43H37BN2S. The summed E-state index contributed by atoms with van der Waals surface area (Å²) < 4.78 is 3.55. The minimum Gasteiger partial charge on any atom is -0.361 e. The zero-order chi connectivity index (χ0) is 32.8. The van der Waals surface area contributed by atoms with Crippen LogP contribution in [0.5, 0.6) is 0 Å². The standard InChI is InChI=1S/C43H37BN2S/c1-42(2,3)32-21-22-38-34(27-32)35-28-33(43(4,5)6)29-36(41-45-37-19-13-14-20-39(37)47-41)40(35)46(38)44(25-23-30-15-9-7-10-16-30)26-24-31-17-11-8-12-18-31/h7-22,27-29H,1-6H3. The Morgan fingerprint density at radius 1 is 0.617 bits per heavy atom. The zero-order valence-electron chi connectivity index (χ0n) is 27.8. The van der Waals surface area contributed by atoms with E-state index in [1.165, 1.54) is 26.6 Å². The highest BCUT2D eigenvalue weighted by atomic mass is 32.1. The van der Waals surface area contributed by atoms with Crippen LogP contribution in [0.4, 0.5) is 0 Å². The first kappa shape index (κ1) is 30.6. The number of hydrogen-bond donors (Lipinski definition) is 0. The van der Waals surface area contributed by atoms with Crippen molar-refractivity contribution in [3.8, 4) is 34.1 Å². The van der Waals surface area contributed by atoms with Crippen LogP contribution in [0.3, 0.4) is 0 Å². The highest BCUT2D eigenvalue weighted by molar-refractivity contribution is 7.21. The quantitative estimate of drug-likeness (QED) is 0.138. The summed E-state index contributed by atoms with van der Waals surface area (Å²) >= 11 is 1.75. The molecule has 0 aliphatic heterocycles. The Morgan fingerprint density at radius 2 is 1.19 bits per heavy atom. The van der Waals surface area contributed by atoms with Gasteiger partial charge in [-0.15, -0.1) is 23.0 Å². The number of rotatable bonds is 2. The van der Waals surface area contributed by atoms with Gasteiger partial charge in [0.25, 0.3) is 0 Å². The smallest absolute Gasteiger partial charge is 0.361 e. The number of nitrogens with zero attached hydrogens (tertiary/aromatic N) is 2. The van der Waals surface area contributed by atoms with Gasteiger partial charge in [-0.3, -0.25) is 0 Å². The number of fused-ring (bicyclic) bond motifs is 4. The van der Waals surface area contributed by atoms with E-state index in [0.29, 0.717) is 0 Å². The first-order valence-electron chi connectivity index (χ1n) is 16.2. The lowest BCUT2D eigenvalue weighted by Crippen LogP contribution is -2.22. The van der Waals surface area contributed by atoms with E-state index in [-0.39, 0.29) is 10.8 Å². The summed E-state index contributed by atoms with van der Waals surface area (Å²) in [5, 5.41) is 3.43. The second-order valence-corrected chi connectivity index (χ2v) is 15.2. The van der Waals surface area contributed by atoms with Crippen LogP contribution < -0.4 is 0 Å². The van der Waals surface area contributed by atoms with Crippen molar-refractivity contribution in [1.82, 2.24) is 9.46 Å². The molecule has 2 aromatic heterocycles. The van der Waals surface area contributed by atoms with Gasteiger partial charge in [0.1, 0.15) is 5.01 Å². The van der Waals surface area contributed by atoms with Gasteiger partial charge in [-0.25, -0.2) is 4.98 Å². The predicted molar refractivity (Wildman–Crippen MR) is 203 cm³/mol. The third-order valence-electron chi connectivity index (χ3n) is 8.67. The van der Waals surface area contributed by atoms with Gasteiger partial charge in [0.05, 0.1) is 10.2 Å². The summed E-state index contributed by atoms with van der Waals surface area (Å²) in [6.07, 6.45) is 0. The van der Waals surface area contributed by atoms with Crippen LogP contribution in [0, 0.1) is 23.5 Å². The Bertz CT molecular complexity index is 2290. The number of hydrogen-bond acceptors (Lipinski definition) is 2. The van der Waals surface area contributed by atoms with Crippen molar-refractivity contribution in [1.29, 1.82) is 0 Å². The Hall–Kier alpha value is -5.03. The molecule has 0 amide bonds. The molecule has 228 valence electrons. The summed E-state index contributed by atoms with van der Waals surface area (Å²) in [7, 11) is 0. The van der Waals surface area contributed by atoms with Crippen LogP contribution >= 0.6 is 11.3 Å². The van der Waals surface area contributed by atoms with E-state index in [1.807, 2.05) is 36.4 Å². The minimum atomic E-state index is -0.412. The fourth-order valence-corrected chi connectivity index (χ4v) is 6.99. The van der Waals surface area contributed by atoms with Crippen molar-refractivity contribution >= 4 is 50.2 Å². The van der Waals surface area contributed by atoms with E-state index in [4.69, 9.17) is 4.98 Å². The second-order valence-electron chi connectivity index (χ2n) is 14.2. The average Bonchev–Trinajstić information content (AvgIpc) is 3.64. The lowest BCUT2D eigenvalue weighted by Gasteiger charge is -2.21. The predicted octanol–water partition coefficient (Wildman–Crippen LogP) is 10.7. The lowest BCUT2D eigenvalue weighted by molar-refractivity contribution is 0.590. The minimum absolute atomic E-state index is 0.000254. The molecule has 7 rings (SSSR count). The number of benzene rings is 5. The average molecular weight is 625 g/mol. The largest absolute Gasteiger partial charge is 0.434 e. The van der Waals surface area contributed by atoms with Crippen molar-refractivity contribution in [2.24, 2.45) is 0 Å². The molecule has 0 saturated heterocycles. The van der Waals surface area contributed by atoms with Gasteiger partial charge in [0.2, 0.25) is 0 Å². The molecule has 7 aromatic rings. The van der Waals surface area contributed by atoms with Gasteiger partial charge >= 0.3 is 6.85 Å². The van der Waals surface area contributed by atoms with E-state index in [1.54, 1.807) is 11.3 Å². The van der Waals surface area contributed by atoms with Crippen LogP contribution in [-0.4, -0.2) is 16.3 Å². The number of para-hydroxylation sites is 1. The fraction of sp³-hybridized carbons (Fsp3) is 0.186. The molecule has 0 atom stereocenters. The number of thiazole rings is 1. The maximum atomic E-state index is 5.20. The van der Waals surface area contributed by atoms with E-state index >= 15 is 0 Å². The van der Waals surface area contributed by atoms with Crippen LogP contribution in [0.2, 0.25) is 0 Å². The van der Waals surface area contributed by atoms with E-state index in [0.717, 1.165) is 38.2 Å². The maximum absolute atomic E-state index is 5.20. The van der Waals surface area contributed by atoms with Gasteiger partial charge in [0, 0.05) is 38.5 Å². The van der Waals surface area contributed by atoms with Crippen LogP contribution in [0.25, 0.3) is 42.6 Å². The molecule has 5 aromatic carbocycles. The maximum Gasteiger partial charge on any atom is 0.434 e. The Morgan fingerprint density at radius 3 is 1.79 bits per heavy atom. The molecule has 2 nitrogen and oxygen atoms in total. The van der Waals surface area contributed by atoms with E-state index in [9.17, 15) is 0 Å². The van der Waals surface area contributed by atoms with Crippen molar-refractivity contribution in [2.75, 3.05) is 0 Å².